The maximum absolute atomic E-state index is 12.4. The van der Waals surface area contributed by atoms with Crippen LogP contribution in [0.25, 0.3) is 0 Å². The van der Waals surface area contributed by atoms with E-state index in [0.29, 0.717) is 12.6 Å². The maximum Gasteiger partial charge on any atom is 0.412 e. The number of halogens is 1. The van der Waals surface area contributed by atoms with Gasteiger partial charge < -0.3 is 26.8 Å². The molecule has 1 aromatic rings. The van der Waals surface area contributed by atoms with Gasteiger partial charge in [0, 0.05) is 31.0 Å². The Hall–Kier alpha value is -1.46. The minimum absolute atomic E-state index is 0. The molecular formula is C21H33ClN2O3. The van der Waals surface area contributed by atoms with E-state index in [4.69, 9.17) is 9.47 Å². The molecule has 1 amide bonds. The standard InChI is InChI=1S/C21H32N2O3.ClH/c1-2-3-15-25-18-10-8-9-17(16-18)22-21(24)26-20-12-5-4-11-19(20)23-13-6-7-14-23;/h8-10,16,19-20H,2-7,11-15H2,1H3,(H,22,24);1H/t19-,20-;/m0./s1. The summed E-state index contributed by atoms with van der Waals surface area (Å²) in [5.41, 5.74) is 0.727. The Balaban J connectivity index is 0.00000261. The Kier molecular flexibility index (Phi) is 9.22. The van der Waals surface area contributed by atoms with Crippen molar-refractivity contribution in [2.75, 3.05) is 25.0 Å². The minimum atomic E-state index is -0.341. The second kappa shape index (κ2) is 11.4. The summed E-state index contributed by atoms with van der Waals surface area (Å²) in [5.74, 6) is 0.785. The Morgan fingerprint density at radius 1 is 1.19 bits per heavy atom. The molecule has 0 spiro atoms. The Labute approximate surface area is 169 Å². The van der Waals surface area contributed by atoms with Crippen LogP contribution in [0.3, 0.4) is 0 Å². The number of hydrogen-bond acceptors (Lipinski definition) is 3. The van der Waals surface area contributed by atoms with Crippen LogP contribution in [-0.2, 0) is 4.74 Å². The maximum atomic E-state index is 12.4. The summed E-state index contributed by atoms with van der Waals surface area (Å²) < 4.78 is 11.6. The van der Waals surface area contributed by atoms with E-state index >= 15 is 0 Å². The molecule has 2 atom stereocenters. The van der Waals surface area contributed by atoms with Crippen LogP contribution in [0.5, 0.6) is 5.75 Å². The number of carbonyl (C=O) groups excluding carboxylic acids is 1. The highest BCUT2D eigenvalue weighted by molar-refractivity contribution is 5.85. The lowest BCUT2D eigenvalue weighted by Gasteiger charge is -2.34. The Morgan fingerprint density at radius 3 is 2.74 bits per heavy atom. The number of carbonyl (C=O) groups is 1. The largest absolute Gasteiger partial charge is 1.00 e. The van der Waals surface area contributed by atoms with E-state index in [1.54, 1.807) is 4.90 Å². The molecule has 1 saturated carbocycles. The highest BCUT2D eigenvalue weighted by Gasteiger charge is 2.37. The van der Waals surface area contributed by atoms with Gasteiger partial charge in [-0.15, -0.1) is 0 Å². The van der Waals surface area contributed by atoms with Gasteiger partial charge in [-0.05, 0) is 37.8 Å². The van der Waals surface area contributed by atoms with Crippen molar-refractivity contribution in [3.63, 3.8) is 0 Å². The van der Waals surface area contributed by atoms with E-state index in [0.717, 1.165) is 37.1 Å². The topological polar surface area (TPSA) is 52.0 Å². The van der Waals surface area contributed by atoms with Gasteiger partial charge >= 0.3 is 6.09 Å². The molecule has 1 aromatic carbocycles. The third kappa shape index (κ3) is 6.58. The third-order valence-electron chi connectivity index (χ3n) is 5.58. The van der Waals surface area contributed by atoms with E-state index in [2.05, 4.69) is 12.2 Å². The molecule has 5 nitrogen and oxygen atoms in total. The van der Waals surface area contributed by atoms with E-state index < -0.39 is 0 Å². The monoisotopic (exact) mass is 396 g/mol. The van der Waals surface area contributed by atoms with Crippen molar-refractivity contribution < 1.29 is 31.6 Å². The van der Waals surface area contributed by atoms with Crippen molar-refractivity contribution in [2.45, 2.75) is 70.4 Å². The average molecular weight is 397 g/mol. The zero-order valence-electron chi connectivity index (χ0n) is 16.3. The molecule has 1 heterocycles. The second-order valence-electron chi connectivity index (χ2n) is 7.55. The molecule has 0 unspecified atom stereocenters. The number of rotatable bonds is 7. The molecular weight excluding hydrogens is 364 g/mol. The summed E-state index contributed by atoms with van der Waals surface area (Å²) in [6.07, 6.45) is 9.01. The summed E-state index contributed by atoms with van der Waals surface area (Å²) in [4.78, 5) is 14.1. The zero-order valence-corrected chi connectivity index (χ0v) is 17.1. The molecule has 1 aliphatic carbocycles. The highest BCUT2D eigenvalue weighted by atomic mass is 35.5. The van der Waals surface area contributed by atoms with Gasteiger partial charge in [0.25, 0.3) is 0 Å². The van der Waals surface area contributed by atoms with Crippen LogP contribution >= 0.6 is 0 Å². The SMILES string of the molecule is CCCCOc1cccc(NC(=O)O[C@H]2CCCC[C@@H]2[NH+]2CCCC2)c1.[Cl-]. The molecule has 0 radical (unpaired) electrons. The van der Waals surface area contributed by atoms with Gasteiger partial charge in [0.05, 0.1) is 19.7 Å². The Bertz CT molecular complexity index is 578. The number of hydrogen-bond donors (Lipinski definition) is 2. The first-order valence-electron chi connectivity index (χ1n) is 10.3. The molecule has 6 heteroatoms. The number of amides is 1. The van der Waals surface area contributed by atoms with Crippen molar-refractivity contribution in [3.8, 4) is 5.75 Å². The minimum Gasteiger partial charge on any atom is -1.00 e. The molecule has 0 bridgehead atoms. The molecule has 1 aliphatic heterocycles. The first-order valence-corrected chi connectivity index (χ1v) is 10.3. The quantitative estimate of drug-likeness (QED) is 0.656. The van der Waals surface area contributed by atoms with Crippen molar-refractivity contribution in [1.82, 2.24) is 0 Å². The van der Waals surface area contributed by atoms with Gasteiger partial charge in [0.2, 0.25) is 0 Å². The number of nitrogens with one attached hydrogen (secondary N) is 2. The van der Waals surface area contributed by atoms with Gasteiger partial charge in [0.1, 0.15) is 11.8 Å². The van der Waals surface area contributed by atoms with Gasteiger partial charge in [-0.1, -0.05) is 19.4 Å². The van der Waals surface area contributed by atoms with Gasteiger partial charge in [-0.3, -0.25) is 5.32 Å². The second-order valence-corrected chi connectivity index (χ2v) is 7.55. The normalized spacial score (nSPS) is 22.7. The summed E-state index contributed by atoms with van der Waals surface area (Å²) in [6.45, 7) is 5.29. The number of ether oxygens (including phenoxy) is 2. The van der Waals surface area contributed by atoms with Crippen LogP contribution in [0.2, 0.25) is 0 Å². The smallest absolute Gasteiger partial charge is 0.412 e. The average Bonchev–Trinajstić information content (AvgIpc) is 3.17. The number of unbranched alkanes of at least 4 members (excludes halogenated alkanes) is 1. The van der Waals surface area contributed by atoms with Gasteiger partial charge in [-0.2, -0.15) is 0 Å². The predicted octanol–water partition coefficient (Wildman–Crippen LogP) is 0.408. The summed E-state index contributed by atoms with van der Waals surface area (Å²) in [7, 11) is 0. The fraction of sp³-hybridized carbons (Fsp3) is 0.667. The van der Waals surface area contributed by atoms with Crippen molar-refractivity contribution in [1.29, 1.82) is 0 Å². The molecule has 27 heavy (non-hydrogen) atoms. The summed E-state index contributed by atoms with van der Waals surface area (Å²) in [5, 5.41) is 2.88. The van der Waals surface area contributed by atoms with Gasteiger partial charge in [0.15, 0.2) is 6.10 Å². The van der Waals surface area contributed by atoms with Gasteiger partial charge in [-0.25, -0.2) is 4.79 Å². The number of quaternary nitrogens is 1. The van der Waals surface area contributed by atoms with Crippen LogP contribution in [0, 0.1) is 0 Å². The molecule has 3 rings (SSSR count). The fourth-order valence-corrected chi connectivity index (χ4v) is 4.19. The van der Waals surface area contributed by atoms with Crippen molar-refractivity contribution in [2.24, 2.45) is 0 Å². The van der Waals surface area contributed by atoms with E-state index in [9.17, 15) is 4.79 Å². The lowest BCUT2D eigenvalue weighted by atomic mass is 9.91. The van der Waals surface area contributed by atoms with E-state index in [-0.39, 0.29) is 24.6 Å². The fourth-order valence-electron chi connectivity index (χ4n) is 4.19. The highest BCUT2D eigenvalue weighted by Crippen LogP contribution is 2.22. The molecule has 2 fully saturated rings. The molecule has 1 saturated heterocycles. The van der Waals surface area contributed by atoms with Crippen molar-refractivity contribution in [3.05, 3.63) is 24.3 Å². The number of benzene rings is 1. The Morgan fingerprint density at radius 2 is 1.96 bits per heavy atom. The van der Waals surface area contributed by atoms with Crippen LogP contribution in [0.1, 0.15) is 58.3 Å². The lowest BCUT2D eigenvalue weighted by molar-refractivity contribution is -0.918. The van der Waals surface area contributed by atoms with Crippen LogP contribution in [-0.4, -0.2) is 37.9 Å². The first kappa shape index (κ1) is 21.8. The van der Waals surface area contributed by atoms with Crippen LogP contribution in [0.15, 0.2) is 24.3 Å². The van der Waals surface area contributed by atoms with Crippen LogP contribution < -0.4 is 27.4 Å². The number of anilines is 1. The molecule has 2 N–H and O–H groups in total. The van der Waals surface area contributed by atoms with Crippen LogP contribution in [0.4, 0.5) is 10.5 Å². The zero-order chi connectivity index (χ0) is 18.2. The first-order chi connectivity index (χ1) is 12.8. The summed E-state index contributed by atoms with van der Waals surface area (Å²) >= 11 is 0. The predicted molar refractivity (Wildman–Crippen MR) is 103 cm³/mol. The van der Waals surface area contributed by atoms with Crippen molar-refractivity contribution >= 4 is 11.8 Å². The molecule has 2 aliphatic rings. The van der Waals surface area contributed by atoms with E-state index in [1.165, 1.54) is 38.8 Å². The summed E-state index contributed by atoms with van der Waals surface area (Å²) in [6, 6.07) is 8.02. The van der Waals surface area contributed by atoms with E-state index in [1.807, 2.05) is 24.3 Å². The number of likely N-dealkylation sites (tertiary alicyclic amines) is 1. The molecule has 0 aromatic heterocycles. The molecule has 152 valence electrons. The third-order valence-corrected chi connectivity index (χ3v) is 5.58. The lowest BCUT2D eigenvalue weighted by Crippen LogP contribution is -3.15.